The highest BCUT2D eigenvalue weighted by Gasteiger charge is 2.28. The zero-order valence-electron chi connectivity index (χ0n) is 14.9. The van der Waals surface area contributed by atoms with Crippen LogP contribution in [-0.4, -0.2) is 40.9 Å². The van der Waals surface area contributed by atoms with Gasteiger partial charge in [0.2, 0.25) is 5.91 Å². The molecule has 0 aliphatic rings. The molecule has 1 atom stereocenters. The van der Waals surface area contributed by atoms with Gasteiger partial charge in [-0.15, -0.1) is 0 Å². The van der Waals surface area contributed by atoms with E-state index in [1.54, 1.807) is 25.2 Å². The first-order valence-corrected chi connectivity index (χ1v) is 8.21. The highest BCUT2D eigenvalue weighted by atomic mass is 16.4. The average molecular weight is 358 g/mol. The van der Waals surface area contributed by atoms with Gasteiger partial charge < -0.3 is 19.7 Å². The summed E-state index contributed by atoms with van der Waals surface area (Å²) < 4.78 is 5.06. The molecule has 0 saturated carbocycles. The van der Waals surface area contributed by atoms with Crippen LogP contribution in [0.4, 0.5) is 0 Å². The van der Waals surface area contributed by atoms with Crippen molar-refractivity contribution in [2.24, 2.45) is 5.92 Å². The van der Waals surface area contributed by atoms with E-state index in [9.17, 15) is 14.4 Å². The van der Waals surface area contributed by atoms with Crippen LogP contribution in [0.2, 0.25) is 0 Å². The SMILES string of the molecule is CC(C)C(NC(=O)c1ccco1)C(=O)N(C)Cc1ccc(C(=O)O)cc1. The lowest BCUT2D eigenvalue weighted by molar-refractivity contribution is -0.133. The number of nitrogens with zero attached hydrogens (tertiary/aromatic N) is 1. The molecule has 1 unspecified atom stereocenters. The minimum Gasteiger partial charge on any atom is -0.478 e. The van der Waals surface area contributed by atoms with E-state index in [2.05, 4.69) is 5.32 Å². The summed E-state index contributed by atoms with van der Waals surface area (Å²) in [5.41, 5.74) is 0.985. The van der Waals surface area contributed by atoms with Gasteiger partial charge in [-0.1, -0.05) is 26.0 Å². The summed E-state index contributed by atoms with van der Waals surface area (Å²) >= 11 is 0. The number of hydrogen-bond acceptors (Lipinski definition) is 4. The first kappa shape index (κ1) is 19.2. The number of rotatable bonds is 7. The van der Waals surface area contributed by atoms with Gasteiger partial charge in [-0.05, 0) is 35.7 Å². The minimum absolute atomic E-state index is 0.113. The Bertz CT molecular complexity index is 766. The first-order chi connectivity index (χ1) is 12.3. The van der Waals surface area contributed by atoms with E-state index < -0.39 is 17.9 Å². The normalized spacial score (nSPS) is 11.8. The van der Waals surface area contributed by atoms with Crippen LogP contribution in [0.3, 0.4) is 0 Å². The van der Waals surface area contributed by atoms with E-state index >= 15 is 0 Å². The van der Waals surface area contributed by atoms with Gasteiger partial charge >= 0.3 is 5.97 Å². The van der Waals surface area contributed by atoms with Crippen LogP contribution >= 0.6 is 0 Å². The molecule has 0 bridgehead atoms. The maximum atomic E-state index is 12.8. The molecule has 1 aromatic carbocycles. The molecule has 1 aromatic heterocycles. The van der Waals surface area contributed by atoms with Crippen LogP contribution in [0.5, 0.6) is 0 Å². The summed E-state index contributed by atoms with van der Waals surface area (Å²) in [7, 11) is 1.64. The molecule has 0 radical (unpaired) electrons. The van der Waals surface area contributed by atoms with Crippen LogP contribution in [0.15, 0.2) is 47.1 Å². The molecule has 0 spiro atoms. The van der Waals surface area contributed by atoms with E-state index in [0.29, 0.717) is 6.54 Å². The Morgan fingerprint density at radius 1 is 1.15 bits per heavy atom. The smallest absolute Gasteiger partial charge is 0.335 e. The van der Waals surface area contributed by atoms with Crippen molar-refractivity contribution in [1.29, 1.82) is 0 Å². The summed E-state index contributed by atoms with van der Waals surface area (Å²) in [6, 6.07) is 8.76. The molecule has 2 rings (SSSR count). The number of furan rings is 1. The van der Waals surface area contributed by atoms with E-state index in [-0.39, 0.29) is 23.1 Å². The zero-order valence-corrected chi connectivity index (χ0v) is 14.9. The molecule has 0 saturated heterocycles. The average Bonchev–Trinajstić information content (AvgIpc) is 3.13. The maximum absolute atomic E-state index is 12.8. The minimum atomic E-state index is -0.999. The summed E-state index contributed by atoms with van der Waals surface area (Å²) in [6.45, 7) is 4.00. The Morgan fingerprint density at radius 2 is 1.81 bits per heavy atom. The quantitative estimate of drug-likeness (QED) is 0.792. The van der Waals surface area contributed by atoms with E-state index in [1.165, 1.54) is 29.4 Å². The molecular weight excluding hydrogens is 336 g/mol. The third-order valence-corrected chi connectivity index (χ3v) is 3.96. The second-order valence-electron chi connectivity index (χ2n) is 6.37. The largest absolute Gasteiger partial charge is 0.478 e. The second-order valence-corrected chi connectivity index (χ2v) is 6.37. The predicted octanol–water partition coefficient (Wildman–Crippen LogP) is 2.39. The van der Waals surface area contributed by atoms with Crippen LogP contribution in [0.25, 0.3) is 0 Å². The van der Waals surface area contributed by atoms with Crippen LogP contribution < -0.4 is 5.32 Å². The third-order valence-electron chi connectivity index (χ3n) is 3.96. The second kappa shape index (κ2) is 8.33. The van der Waals surface area contributed by atoms with Gasteiger partial charge in [0.05, 0.1) is 11.8 Å². The monoisotopic (exact) mass is 358 g/mol. The summed E-state index contributed by atoms with van der Waals surface area (Å²) in [5.74, 6) is -1.64. The number of aromatic carboxylic acids is 1. The van der Waals surface area contributed by atoms with E-state index in [0.717, 1.165) is 5.56 Å². The molecule has 26 heavy (non-hydrogen) atoms. The fourth-order valence-corrected chi connectivity index (χ4v) is 2.48. The van der Waals surface area contributed by atoms with Gasteiger partial charge in [-0.2, -0.15) is 0 Å². The standard InChI is InChI=1S/C19H22N2O5/c1-12(2)16(20-17(22)15-5-4-10-26-15)18(23)21(3)11-13-6-8-14(9-7-13)19(24)25/h4-10,12,16H,11H2,1-3H3,(H,20,22)(H,24,25). The lowest BCUT2D eigenvalue weighted by atomic mass is 10.0. The van der Waals surface area contributed by atoms with Crippen molar-refractivity contribution in [3.05, 3.63) is 59.5 Å². The molecule has 138 valence electrons. The van der Waals surface area contributed by atoms with Gasteiger partial charge in [-0.3, -0.25) is 9.59 Å². The highest BCUT2D eigenvalue weighted by Crippen LogP contribution is 2.12. The summed E-state index contributed by atoms with van der Waals surface area (Å²) in [4.78, 5) is 37.3. The highest BCUT2D eigenvalue weighted by molar-refractivity contribution is 5.95. The van der Waals surface area contributed by atoms with Crippen LogP contribution in [0, 0.1) is 5.92 Å². The number of hydrogen-bond donors (Lipinski definition) is 2. The van der Waals surface area contributed by atoms with Crippen molar-refractivity contribution in [3.8, 4) is 0 Å². The van der Waals surface area contributed by atoms with Crippen molar-refractivity contribution in [3.63, 3.8) is 0 Å². The van der Waals surface area contributed by atoms with Crippen molar-refractivity contribution >= 4 is 17.8 Å². The van der Waals surface area contributed by atoms with Gasteiger partial charge in [0.15, 0.2) is 5.76 Å². The first-order valence-electron chi connectivity index (χ1n) is 8.21. The number of carboxylic acids is 1. The number of amides is 2. The fraction of sp³-hybridized carbons (Fsp3) is 0.316. The molecule has 0 aliphatic carbocycles. The molecule has 7 heteroatoms. The van der Waals surface area contributed by atoms with Crippen LogP contribution in [0.1, 0.15) is 40.3 Å². The molecule has 2 amide bonds. The van der Waals surface area contributed by atoms with Crippen molar-refractivity contribution in [2.75, 3.05) is 7.05 Å². The Hall–Kier alpha value is -3.09. The Labute approximate surface area is 151 Å². The van der Waals surface area contributed by atoms with Crippen molar-refractivity contribution in [1.82, 2.24) is 10.2 Å². The van der Waals surface area contributed by atoms with E-state index in [4.69, 9.17) is 9.52 Å². The van der Waals surface area contributed by atoms with E-state index in [1.807, 2.05) is 13.8 Å². The maximum Gasteiger partial charge on any atom is 0.335 e. The number of carbonyl (C=O) groups is 3. The van der Waals surface area contributed by atoms with Crippen molar-refractivity contribution < 1.29 is 23.9 Å². The van der Waals surface area contributed by atoms with Crippen LogP contribution in [-0.2, 0) is 11.3 Å². The number of carboxylic acid groups (broad SMARTS) is 1. The number of carbonyl (C=O) groups excluding carboxylic acids is 2. The lowest BCUT2D eigenvalue weighted by Gasteiger charge is -2.27. The summed E-state index contributed by atoms with van der Waals surface area (Å²) in [6.07, 6.45) is 1.40. The molecule has 1 heterocycles. The molecular formula is C19H22N2O5. The Balaban J connectivity index is 2.05. The lowest BCUT2D eigenvalue weighted by Crippen LogP contribution is -2.49. The number of nitrogens with one attached hydrogen (secondary N) is 1. The topological polar surface area (TPSA) is 99.9 Å². The Morgan fingerprint density at radius 3 is 2.31 bits per heavy atom. The molecule has 7 nitrogen and oxygen atoms in total. The van der Waals surface area contributed by atoms with Gasteiger partial charge in [0.1, 0.15) is 6.04 Å². The molecule has 0 fully saturated rings. The Kier molecular flexibility index (Phi) is 6.16. The predicted molar refractivity (Wildman–Crippen MR) is 94.7 cm³/mol. The van der Waals surface area contributed by atoms with Gasteiger partial charge in [0, 0.05) is 13.6 Å². The molecule has 0 aliphatic heterocycles. The van der Waals surface area contributed by atoms with Crippen molar-refractivity contribution in [2.45, 2.75) is 26.4 Å². The fourth-order valence-electron chi connectivity index (χ4n) is 2.48. The van der Waals surface area contributed by atoms with Gasteiger partial charge in [-0.25, -0.2) is 4.79 Å². The zero-order chi connectivity index (χ0) is 19.3. The number of likely N-dealkylation sites (N-methyl/N-ethyl adjacent to an activating group) is 1. The van der Waals surface area contributed by atoms with Gasteiger partial charge in [0.25, 0.3) is 5.91 Å². The summed E-state index contributed by atoms with van der Waals surface area (Å²) in [5, 5.41) is 11.6. The molecule has 2 N–H and O–H groups in total. The molecule has 2 aromatic rings. The third kappa shape index (κ3) is 4.72. The number of benzene rings is 1.